The van der Waals surface area contributed by atoms with Gasteiger partial charge in [-0.25, -0.2) is 4.79 Å². The van der Waals surface area contributed by atoms with E-state index in [-0.39, 0.29) is 25.6 Å². The summed E-state index contributed by atoms with van der Waals surface area (Å²) in [6, 6.07) is 1.38. The van der Waals surface area contributed by atoms with Gasteiger partial charge in [0.15, 0.2) is 0 Å². The molecule has 0 aliphatic rings. The molecule has 9 nitrogen and oxygen atoms in total. The standard InChI is InChI=1S/C12H20N3O6P/c1-3-20-22(18,21-4-2)8-6-10(16)9-19-15-7-5-11(13)14-12(15)17/h5-8,10,16H,3-4,9H2,1-2H3,(H2,13,14,17). The smallest absolute Gasteiger partial charge is 0.382 e. The lowest BCUT2D eigenvalue weighted by atomic mass is 10.4. The van der Waals surface area contributed by atoms with Crippen molar-refractivity contribution in [2.75, 3.05) is 25.6 Å². The summed E-state index contributed by atoms with van der Waals surface area (Å²) in [5.41, 5.74) is 4.63. The van der Waals surface area contributed by atoms with Gasteiger partial charge in [0.2, 0.25) is 0 Å². The third-order valence-corrected chi connectivity index (χ3v) is 4.06. The fraction of sp³-hybridized carbons (Fsp3) is 0.500. The summed E-state index contributed by atoms with van der Waals surface area (Å²) < 4.78 is 23.0. The first-order valence-corrected chi connectivity index (χ1v) is 8.26. The van der Waals surface area contributed by atoms with Gasteiger partial charge in [0.1, 0.15) is 18.5 Å². The average molecular weight is 333 g/mol. The van der Waals surface area contributed by atoms with E-state index in [0.717, 1.165) is 10.5 Å². The highest BCUT2D eigenvalue weighted by molar-refractivity contribution is 7.57. The molecule has 1 rings (SSSR count). The Hall–Kier alpha value is -1.67. The predicted molar refractivity (Wildman–Crippen MR) is 80.4 cm³/mol. The van der Waals surface area contributed by atoms with Crippen LogP contribution >= 0.6 is 7.60 Å². The SMILES string of the molecule is CCOP(=O)(C=CC(O)COn1ccc(N)nc1=O)OCC. The van der Waals surface area contributed by atoms with Crippen molar-refractivity contribution < 1.29 is 23.6 Å². The number of hydrogen-bond donors (Lipinski definition) is 2. The molecule has 124 valence electrons. The van der Waals surface area contributed by atoms with Gasteiger partial charge in [-0.15, -0.1) is 4.73 Å². The van der Waals surface area contributed by atoms with Crippen LogP contribution in [-0.2, 0) is 13.6 Å². The van der Waals surface area contributed by atoms with Crippen LogP contribution in [0.2, 0.25) is 0 Å². The quantitative estimate of drug-likeness (QED) is 0.622. The molecule has 0 bridgehead atoms. The lowest BCUT2D eigenvalue weighted by molar-refractivity contribution is 0.0399. The van der Waals surface area contributed by atoms with Crippen molar-refractivity contribution in [3.63, 3.8) is 0 Å². The topological polar surface area (TPSA) is 126 Å². The molecular formula is C12H20N3O6P. The van der Waals surface area contributed by atoms with Crippen molar-refractivity contribution in [2.24, 2.45) is 0 Å². The summed E-state index contributed by atoms with van der Waals surface area (Å²) in [5.74, 6) is 1.23. The van der Waals surface area contributed by atoms with Crippen molar-refractivity contribution >= 4 is 13.4 Å². The van der Waals surface area contributed by atoms with Crippen LogP contribution in [-0.4, -0.2) is 40.7 Å². The first-order chi connectivity index (χ1) is 10.4. The molecule has 0 aliphatic carbocycles. The number of nitrogens with two attached hydrogens (primary N) is 1. The van der Waals surface area contributed by atoms with Crippen LogP contribution in [0.3, 0.4) is 0 Å². The van der Waals surface area contributed by atoms with Crippen molar-refractivity contribution in [3.8, 4) is 0 Å². The van der Waals surface area contributed by atoms with Gasteiger partial charge in [-0.1, -0.05) is 0 Å². The number of aliphatic hydroxyl groups excluding tert-OH is 1. The van der Waals surface area contributed by atoms with Crippen LogP contribution in [0.4, 0.5) is 5.82 Å². The molecule has 1 aromatic rings. The minimum absolute atomic E-state index is 0.0691. The molecule has 0 aromatic carbocycles. The van der Waals surface area contributed by atoms with Gasteiger partial charge < -0.3 is 24.7 Å². The predicted octanol–water partition coefficient (Wildman–Crippen LogP) is 0.395. The molecule has 0 amide bonds. The third kappa shape index (κ3) is 5.98. The lowest BCUT2D eigenvalue weighted by Gasteiger charge is -2.14. The van der Waals surface area contributed by atoms with E-state index in [1.165, 1.54) is 18.3 Å². The minimum atomic E-state index is -3.38. The zero-order chi connectivity index (χ0) is 16.6. The first-order valence-electron chi connectivity index (χ1n) is 6.65. The van der Waals surface area contributed by atoms with Crippen LogP contribution in [0.25, 0.3) is 0 Å². The Morgan fingerprint density at radius 1 is 1.45 bits per heavy atom. The number of nitrogen functional groups attached to an aromatic ring is 1. The Morgan fingerprint density at radius 2 is 2.09 bits per heavy atom. The van der Waals surface area contributed by atoms with E-state index in [0.29, 0.717) is 0 Å². The van der Waals surface area contributed by atoms with Crippen LogP contribution in [0.1, 0.15) is 13.8 Å². The zero-order valence-electron chi connectivity index (χ0n) is 12.4. The summed E-state index contributed by atoms with van der Waals surface area (Å²) >= 11 is 0. The molecule has 22 heavy (non-hydrogen) atoms. The largest absolute Gasteiger partial charge is 0.406 e. The van der Waals surface area contributed by atoms with Crippen molar-refractivity contribution in [3.05, 3.63) is 34.6 Å². The van der Waals surface area contributed by atoms with E-state index in [9.17, 15) is 14.5 Å². The zero-order valence-corrected chi connectivity index (χ0v) is 13.3. The molecule has 0 fully saturated rings. The fourth-order valence-corrected chi connectivity index (χ4v) is 2.78. The Morgan fingerprint density at radius 3 is 2.64 bits per heavy atom. The summed E-state index contributed by atoms with van der Waals surface area (Å²) in [6.45, 7) is 3.53. The second-order valence-electron chi connectivity index (χ2n) is 4.04. The highest BCUT2D eigenvalue weighted by Crippen LogP contribution is 2.49. The van der Waals surface area contributed by atoms with Crippen LogP contribution < -0.4 is 16.3 Å². The summed E-state index contributed by atoms with van der Waals surface area (Å²) in [7, 11) is -3.38. The Balaban J connectivity index is 2.61. The number of hydrogen-bond acceptors (Lipinski definition) is 8. The molecule has 1 atom stereocenters. The van der Waals surface area contributed by atoms with Gasteiger partial charge >= 0.3 is 13.3 Å². The molecule has 3 N–H and O–H groups in total. The van der Waals surface area contributed by atoms with Crippen LogP contribution in [0, 0.1) is 0 Å². The normalized spacial score (nSPS) is 13.4. The third-order valence-electron chi connectivity index (χ3n) is 2.29. The molecule has 1 heterocycles. The molecular weight excluding hydrogens is 313 g/mol. The fourth-order valence-electron chi connectivity index (χ4n) is 1.40. The molecule has 0 aliphatic heterocycles. The van der Waals surface area contributed by atoms with E-state index in [2.05, 4.69) is 4.98 Å². The number of aliphatic hydroxyl groups is 1. The van der Waals surface area contributed by atoms with E-state index in [1.54, 1.807) is 13.8 Å². The first kappa shape index (κ1) is 18.4. The average Bonchev–Trinajstić information content (AvgIpc) is 2.45. The number of rotatable bonds is 9. The van der Waals surface area contributed by atoms with E-state index in [1.807, 2.05) is 0 Å². The monoisotopic (exact) mass is 333 g/mol. The molecule has 0 saturated carbocycles. The van der Waals surface area contributed by atoms with E-state index >= 15 is 0 Å². The number of anilines is 1. The van der Waals surface area contributed by atoms with E-state index in [4.69, 9.17) is 19.6 Å². The van der Waals surface area contributed by atoms with Gasteiger partial charge in [0, 0.05) is 11.9 Å². The maximum absolute atomic E-state index is 12.1. The molecule has 0 saturated heterocycles. The van der Waals surface area contributed by atoms with Crippen LogP contribution in [0.15, 0.2) is 29.0 Å². The highest BCUT2D eigenvalue weighted by Gasteiger charge is 2.19. The van der Waals surface area contributed by atoms with Gasteiger partial charge in [-0.2, -0.15) is 4.98 Å². The minimum Gasteiger partial charge on any atom is -0.406 e. The maximum Gasteiger partial charge on any atom is 0.382 e. The van der Waals surface area contributed by atoms with Crippen molar-refractivity contribution in [2.45, 2.75) is 20.0 Å². The van der Waals surface area contributed by atoms with Crippen molar-refractivity contribution in [1.29, 1.82) is 0 Å². The molecule has 0 spiro atoms. The molecule has 1 aromatic heterocycles. The Kier molecular flexibility index (Phi) is 7.26. The molecule has 0 radical (unpaired) electrons. The van der Waals surface area contributed by atoms with Crippen molar-refractivity contribution in [1.82, 2.24) is 9.71 Å². The number of nitrogens with zero attached hydrogens (tertiary/aromatic N) is 2. The van der Waals surface area contributed by atoms with Gasteiger partial charge in [-0.05, 0) is 19.9 Å². The maximum atomic E-state index is 12.1. The van der Waals surface area contributed by atoms with Gasteiger partial charge in [0.25, 0.3) is 0 Å². The Bertz CT molecular complexity index is 593. The summed E-state index contributed by atoms with van der Waals surface area (Å²) in [4.78, 5) is 19.9. The summed E-state index contributed by atoms with van der Waals surface area (Å²) in [6.07, 6.45) is 1.40. The highest BCUT2D eigenvalue weighted by atomic mass is 31.2. The molecule has 1 unspecified atom stereocenters. The van der Waals surface area contributed by atoms with E-state index < -0.39 is 19.4 Å². The summed E-state index contributed by atoms with van der Waals surface area (Å²) in [5, 5.41) is 9.75. The van der Waals surface area contributed by atoms with Crippen LogP contribution in [0.5, 0.6) is 0 Å². The second kappa shape index (κ2) is 8.70. The lowest BCUT2D eigenvalue weighted by Crippen LogP contribution is -2.32. The Labute approximate surface area is 127 Å². The molecule has 10 heteroatoms. The van der Waals surface area contributed by atoms with Gasteiger partial charge in [0.05, 0.1) is 19.4 Å². The second-order valence-corrected chi connectivity index (χ2v) is 5.94. The number of aromatic nitrogens is 2. The van der Waals surface area contributed by atoms with Gasteiger partial charge in [-0.3, -0.25) is 4.57 Å².